The highest BCUT2D eigenvalue weighted by atomic mass is 16.6. The molecule has 1 amide bonds. The van der Waals surface area contributed by atoms with E-state index in [1.807, 2.05) is 0 Å². The Morgan fingerprint density at radius 1 is 1.18 bits per heavy atom. The monoisotopic (exact) mass is 239 g/mol. The van der Waals surface area contributed by atoms with Crippen molar-refractivity contribution in [1.29, 1.82) is 0 Å². The van der Waals surface area contributed by atoms with Crippen LogP contribution in [0.1, 0.15) is 33.6 Å². The third-order valence-corrected chi connectivity index (χ3v) is 5.05. The number of nitrogens with one attached hydrogen (secondary N) is 1. The molecule has 94 valence electrons. The summed E-state index contributed by atoms with van der Waals surface area (Å²) in [5.41, 5.74) is -2.73. The van der Waals surface area contributed by atoms with Gasteiger partial charge in [-0.25, -0.2) is 0 Å². The molecule has 0 aromatic carbocycles. The smallest absolute Gasteiger partial charge is 0.329 e. The lowest BCUT2D eigenvalue weighted by Crippen LogP contribution is -2.61. The number of hydrogen-bond donors (Lipinski definition) is 1. The van der Waals surface area contributed by atoms with Gasteiger partial charge in [0.05, 0.1) is 5.41 Å². The van der Waals surface area contributed by atoms with Gasteiger partial charge < -0.3 is 10.1 Å². The number of fused-ring (bicyclic) bond motifs is 2. The molecular formula is C12H17NO4. The molecule has 2 fully saturated rings. The van der Waals surface area contributed by atoms with Gasteiger partial charge >= 0.3 is 11.9 Å². The van der Waals surface area contributed by atoms with E-state index in [9.17, 15) is 14.4 Å². The maximum Gasteiger partial charge on any atom is 0.329 e. The fraction of sp³-hybridized carbons (Fsp3) is 0.750. The highest BCUT2D eigenvalue weighted by Gasteiger charge is 2.75. The SMILES string of the molecule is CNC(=O)[C@@]12CC[C@@](C)(C(=O)OC1=O)C2(C)C. The Balaban J connectivity index is 2.64. The van der Waals surface area contributed by atoms with E-state index in [0.717, 1.165) is 0 Å². The van der Waals surface area contributed by atoms with Gasteiger partial charge in [-0.3, -0.25) is 14.4 Å². The lowest BCUT2D eigenvalue weighted by Gasteiger charge is -2.47. The summed E-state index contributed by atoms with van der Waals surface area (Å²) in [6, 6.07) is 0. The number of amides is 1. The number of carbonyl (C=O) groups excluding carboxylic acids is 3. The Hall–Kier alpha value is -1.39. The van der Waals surface area contributed by atoms with Crippen molar-refractivity contribution >= 4 is 17.8 Å². The molecule has 0 spiro atoms. The van der Waals surface area contributed by atoms with Crippen LogP contribution in [0.4, 0.5) is 0 Å². The number of rotatable bonds is 1. The number of carbonyl (C=O) groups is 3. The zero-order valence-corrected chi connectivity index (χ0v) is 10.5. The maximum atomic E-state index is 12.1. The molecule has 2 atom stereocenters. The van der Waals surface area contributed by atoms with Gasteiger partial charge in [-0.1, -0.05) is 13.8 Å². The van der Waals surface area contributed by atoms with Crippen LogP contribution >= 0.6 is 0 Å². The Morgan fingerprint density at radius 3 is 2.29 bits per heavy atom. The van der Waals surface area contributed by atoms with Gasteiger partial charge in [0.1, 0.15) is 0 Å². The highest BCUT2D eigenvalue weighted by Crippen LogP contribution is 2.66. The van der Waals surface area contributed by atoms with Crippen molar-refractivity contribution in [2.24, 2.45) is 16.2 Å². The van der Waals surface area contributed by atoms with E-state index in [1.165, 1.54) is 7.05 Å². The molecule has 0 radical (unpaired) electrons. The van der Waals surface area contributed by atoms with Crippen LogP contribution in [0.3, 0.4) is 0 Å². The van der Waals surface area contributed by atoms with E-state index >= 15 is 0 Å². The van der Waals surface area contributed by atoms with Crippen LogP contribution in [0.5, 0.6) is 0 Å². The Labute approximate surface area is 99.9 Å². The second-order valence-electron chi connectivity index (χ2n) is 5.62. The van der Waals surface area contributed by atoms with Crippen LogP contribution in [0.25, 0.3) is 0 Å². The second-order valence-corrected chi connectivity index (χ2v) is 5.62. The van der Waals surface area contributed by atoms with Crippen LogP contribution < -0.4 is 5.32 Å². The summed E-state index contributed by atoms with van der Waals surface area (Å²) >= 11 is 0. The minimum Gasteiger partial charge on any atom is -0.392 e. The van der Waals surface area contributed by atoms with E-state index in [-0.39, 0.29) is 5.91 Å². The van der Waals surface area contributed by atoms with Gasteiger partial charge in [-0.05, 0) is 19.8 Å². The minimum atomic E-state index is -1.23. The number of esters is 2. The van der Waals surface area contributed by atoms with Crippen LogP contribution in [-0.2, 0) is 19.1 Å². The van der Waals surface area contributed by atoms with Crippen LogP contribution in [0, 0.1) is 16.2 Å². The lowest BCUT2D eigenvalue weighted by molar-refractivity contribution is -0.196. The highest BCUT2D eigenvalue weighted by molar-refractivity contribution is 6.11. The van der Waals surface area contributed by atoms with Crippen LogP contribution in [0.15, 0.2) is 0 Å². The van der Waals surface area contributed by atoms with Gasteiger partial charge in [-0.15, -0.1) is 0 Å². The van der Waals surface area contributed by atoms with Gasteiger partial charge in [0.15, 0.2) is 5.41 Å². The summed E-state index contributed by atoms with van der Waals surface area (Å²) in [4.78, 5) is 36.0. The van der Waals surface area contributed by atoms with Crippen molar-refractivity contribution < 1.29 is 19.1 Å². The average Bonchev–Trinajstić information content (AvgIpc) is 2.40. The molecule has 1 saturated heterocycles. The van der Waals surface area contributed by atoms with Gasteiger partial charge in [0.25, 0.3) is 0 Å². The van der Waals surface area contributed by atoms with Crippen molar-refractivity contribution in [2.45, 2.75) is 33.6 Å². The molecule has 0 aromatic heterocycles. The van der Waals surface area contributed by atoms with Crippen molar-refractivity contribution in [3.63, 3.8) is 0 Å². The molecule has 1 aliphatic heterocycles. The first-order valence-electron chi connectivity index (χ1n) is 5.73. The van der Waals surface area contributed by atoms with Gasteiger partial charge in [-0.2, -0.15) is 0 Å². The third kappa shape index (κ3) is 1.02. The van der Waals surface area contributed by atoms with E-state index < -0.39 is 28.2 Å². The molecule has 2 aliphatic rings. The largest absolute Gasteiger partial charge is 0.392 e. The summed E-state index contributed by atoms with van der Waals surface area (Å²) in [6.45, 7) is 5.37. The molecule has 1 aliphatic carbocycles. The summed E-state index contributed by atoms with van der Waals surface area (Å²) in [5, 5.41) is 2.52. The van der Waals surface area contributed by atoms with Gasteiger partial charge in [0.2, 0.25) is 5.91 Å². The molecule has 1 saturated carbocycles. The molecule has 1 heterocycles. The minimum absolute atomic E-state index is 0.358. The predicted octanol–water partition coefficient (Wildman–Crippen LogP) is 0.628. The van der Waals surface area contributed by atoms with Crippen molar-refractivity contribution in [3.8, 4) is 0 Å². The van der Waals surface area contributed by atoms with Crippen molar-refractivity contribution in [3.05, 3.63) is 0 Å². The number of ether oxygens (including phenoxy) is 1. The normalized spacial score (nSPS) is 38.8. The number of cyclic esters (lactones) is 2. The molecular weight excluding hydrogens is 222 g/mol. The Morgan fingerprint density at radius 2 is 1.76 bits per heavy atom. The van der Waals surface area contributed by atoms with E-state index in [4.69, 9.17) is 4.74 Å². The molecule has 5 nitrogen and oxygen atoms in total. The fourth-order valence-electron chi connectivity index (χ4n) is 3.24. The van der Waals surface area contributed by atoms with Crippen LogP contribution in [0.2, 0.25) is 0 Å². The van der Waals surface area contributed by atoms with E-state index in [0.29, 0.717) is 12.8 Å². The topological polar surface area (TPSA) is 72.5 Å². The molecule has 1 N–H and O–H groups in total. The Bertz CT molecular complexity index is 428. The second kappa shape index (κ2) is 3.09. The van der Waals surface area contributed by atoms with Gasteiger partial charge in [0, 0.05) is 12.5 Å². The standard InChI is InChI=1S/C12H17NO4/c1-10(2)11(3)5-6-12(10,7(14)13-4)9(16)17-8(11)15/h5-6H2,1-4H3,(H,13,14)/t11-,12-/m0/s1. The lowest BCUT2D eigenvalue weighted by atomic mass is 9.57. The summed E-state index contributed by atoms with van der Waals surface area (Å²) in [6.07, 6.45) is 0.860. The average molecular weight is 239 g/mol. The number of hydrogen-bond acceptors (Lipinski definition) is 4. The molecule has 2 rings (SSSR count). The zero-order chi connectivity index (χ0) is 13.1. The zero-order valence-electron chi connectivity index (χ0n) is 10.5. The van der Waals surface area contributed by atoms with Crippen LogP contribution in [-0.4, -0.2) is 24.9 Å². The van der Waals surface area contributed by atoms with Crippen molar-refractivity contribution in [2.75, 3.05) is 7.05 Å². The first-order valence-corrected chi connectivity index (χ1v) is 5.73. The first kappa shape index (κ1) is 12.1. The first-order chi connectivity index (χ1) is 7.74. The summed E-state index contributed by atoms with van der Waals surface area (Å²) < 4.78 is 4.80. The third-order valence-electron chi connectivity index (χ3n) is 5.05. The maximum absolute atomic E-state index is 12.1. The van der Waals surface area contributed by atoms with E-state index in [2.05, 4.69) is 5.32 Å². The molecule has 17 heavy (non-hydrogen) atoms. The molecule has 2 bridgehead atoms. The quantitative estimate of drug-likeness (QED) is 0.538. The van der Waals surface area contributed by atoms with Crippen molar-refractivity contribution in [1.82, 2.24) is 5.32 Å². The predicted molar refractivity (Wildman–Crippen MR) is 58.7 cm³/mol. The molecule has 0 aromatic rings. The van der Waals surface area contributed by atoms with E-state index in [1.54, 1.807) is 20.8 Å². The summed E-state index contributed by atoms with van der Waals surface area (Å²) in [7, 11) is 1.49. The molecule has 0 unspecified atom stereocenters. The fourth-order valence-corrected chi connectivity index (χ4v) is 3.24. The molecule has 5 heteroatoms. The summed E-state index contributed by atoms with van der Waals surface area (Å²) in [5.74, 6) is -1.57. The Kier molecular flexibility index (Phi) is 2.19.